The van der Waals surface area contributed by atoms with Crippen molar-refractivity contribution in [3.05, 3.63) is 63.0 Å². The number of fused-ring (bicyclic) bond motifs is 1. The minimum Gasteiger partial charge on any atom is -0.349 e. The van der Waals surface area contributed by atoms with Gasteiger partial charge in [-0.1, -0.05) is 17.4 Å². The molecule has 0 spiro atoms. The molecule has 26 heavy (non-hydrogen) atoms. The van der Waals surface area contributed by atoms with Crippen molar-refractivity contribution < 1.29 is 9.59 Å². The Morgan fingerprint density at radius 2 is 2.04 bits per heavy atom. The average molecular weight is 368 g/mol. The van der Waals surface area contributed by atoms with Crippen LogP contribution < -0.4 is 16.2 Å². The lowest BCUT2D eigenvalue weighted by molar-refractivity contribution is 0.0949. The van der Waals surface area contributed by atoms with Crippen molar-refractivity contribution in [1.29, 1.82) is 0 Å². The second-order valence-electron chi connectivity index (χ2n) is 6.26. The summed E-state index contributed by atoms with van der Waals surface area (Å²) in [7, 11) is 0. The maximum Gasteiger partial charge on any atom is 0.267 e. The monoisotopic (exact) mass is 368 g/mol. The Bertz CT molecular complexity index is 1080. The fraction of sp³-hybridized carbons (Fsp3) is 0.222. The van der Waals surface area contributed by atoms with Crippen molar-refractivity contribution in [2.75, 3.05) is 5.32 Å². The third-order valence-electron chi connectivity index (χ3n) is 4.18. The first-order chi connectivity index (χ1) is 12.5. The molecule has 0 bridgehead atoms. The van der Waals surface area contributed by atoms with Crippen LogP contribution in [0.4, 0.5) is 5.69 Å². The van der Waals surface area contributed by atoms with Gasteiger partial charge in [-0.15, -0.1) is 0 Å². The van der Waals surface area contributed by atoms with Gasteiger partial charge in [0.15, 0.2) is 4.96 Å². The van der Waals surface area contributed by atoms with Gasteiger partial charge in [-0.05, 0) is 37.5 Å². The Balaban J connectivity index is 1.58. The molecule has 2 N–H and O–H groups in total. The van der Waals surface area contributed by atoms with Crippen molar-refractivity contribution in [3.8, 4) is 0 Å². The van der Waals surface area contributed by atoms with Gasteiger partial charge in [0.25, 0.3) is 17.4 Å². The molecule has 0 atom stereocenters. The van der Waals surface area contributed by atoms with Gasteiger partial charge in [0.05, 0.1) is 0 Å². The van der Waals surface area contributed by atoms with Crippen LogP contribution in [-0.2, 0) is 0 Å². The lowest BCUT2D eigenvalue weighted by Crippen LogP contribution is -2.25. The van der Waals surface area contributed by atoms with Gasteiger partial charge in [-0.3, -0.25) is 18.8 Å². The number of hydrogen-bond acceptors (Lipinski definition) is 5. The Kier molecular flexibility index (Phi) is 4.04. The number of hydrogen-bond donors (Lipinski definition) is 2. The van der Waals surface area contributed by atoms with Crippen molar-refractivity contribution in [1.82, 2.24) is 14.7 Å². The molecule has 2 aromatic heterocycles. The molecule has 0 unspecified atom stereocenters. The van der Waals surface area contributed by atoms with E-state index in [1.165, 1.54) is 22.9 Å². The van der Waals surface area contributed by atoms with Crippen molar-refractivity contribution in [2.24, 2.45) is 0 Å². The third-order valence-corrected chi connectivity index (χ3v) is 5.17. The highest BCUT2D eigenvalue weighted by molar-refractivity contribution is 7.18. The zero-order valence-corrected chi connectivity index (χ0v) is 14.8. The average Bonchev–Trinajstić information content (AvgIpc) is 3.31. The Morgan fingerprint density at radius 3 is 2.77 bits per heavy atom. The van der Waals surface area contributed by atoms with E-state index in [1.54, 1.807) is 18.2 Å². The summed E-state index contributed by atoms with van der Waals surface area (Å²) < 4.78 is 1.34. The van der Waals surface area contributed by atoms with Gasteiger partial charge < -0.3 is 10.6 Å². The highest BCUT2D eigenvalue weighted by Crippen LogP contribution is 2.22. The number of amides is 2. The summed E-state index contributed by atoms with van der Waals surface area (Å²) in [6, 6.07) is 6.82. The lowest BCUT2D eigenvalue weighted by Gasteiger charge is -2.10. The first-order valence-electron chi connectivity index (χ1n) is 8.21. The SMILES string of the molecule is Cc1ccc(C(=O)NC2CC2)cc1NC(=O)c1cn2c(=O)ccnc2s1. The van der Waals surface area contributed by atoms with Crippen LogP contribution in [-0.4, -0.2) is 27.2 Å². The summed E-state index contributed by atoms with van der Waals surface area (Å²) in [4.78, 5) is 41.5. The van der Waals surface area contributed by atoms with E-state index in [2.05, 4.69) is 15.6 Å². The maximum absolute atomic E-state index is 12.6. The first kappa shape index (κ1) is 16.5. The zero-order valence-electron chi connectivity index (χ0n) is 14.0. The molecule has 0 aliphatic heterocycles. The van der Waals surface area contributed by atoms with E-state index in [4.69, 9.17) is 0 Å². The van der Waals surface area contributed by atoms with E-state index in [-0.39, 0.29) is 23.4 Å². The minimum atomic E-state index is -0.345. The minimum absolute atomic E-state index is 0.138. The number of nitrogens with one attached hydrogen (secondary N) is 2. The fourth-order valence-corrected chi connectivity index (χ4v) is 3.37. The molecule has 1 aliphatic carbocycles. The highest BCUT2D eigenvalue weighted by Gasteiger charge is 2.24. The standard InChI is InChI=1S/C18H16N4O3S/c1-10-2-3-11(16(24)20-12-4-5-12)8-13(10)21-17(25)14-9-22-15(23)6-7-19-18(22)26-14/h2-3,6-9,12H,4-5H2,1H3,(H,20,24)(H,21,25). The number of anilines is 1. The van der Waals surface area contributed by atoms with E-state index in [1.807, 2.05) is 6.92 Å². The fourth-order valence-electron chi connectivity index (χ4n) is 2.52. The lowest BCUT2D eigenvalue weighted by atomic mass is 10.1. The van der Waals surface area contributed by atoms with E-state index in [0.717, 1.165) is 29.7 Å². The van der Waals surface area contributed by atoms with Crippen LogP contribution in [0, 0.1) is 6.92 Å². The smallest absolute Gasteiger partial charge is 0.267 e. The molecule has 0 radical (unpaired) electrons. The van der Waals surface area contributed by atoms with Gasteiger partial charge in [0.2, 0.25) is 0 Å². The molecule has 2 heterocycles. The van der Waals surface area contributed by atoms with Gasteiger partial charge in [-0.2, -0.15) is 0 Å². The molecule has 1 aromatic carbocycles. The predicted molar refractivity (Wildman–Crippen MR) is 99.0 cm³/mol. The number of nitrogens with zero attached hydrogens (tertiary/aromatic N) is 2. The summed E-state index contributed by atoms with van der Waals surface area (Å²) in [5, 5.41) is 5.75. The van der Waals surface area contributed by atoms with E-state index in [0.29, 0.717) is 21.1 Å². The summed E-state index contributed by atoms with van der Waals surface area (Å²) in [6.45, 7) is 1.86. The number of carbonyl (C=O) groups excluding carboxylic acids is 2. The number of aromatic nitrogens is 2. The molecular weight excluding hydrogens is 352 g/mol. The normalized spacial score (nSPS) is 13.6. The largest absolute Gasteiger partial charge is 0.349 e. The molecule has 3 aromatic rings. The van der Waals surface area contributed by atoms with E-state index in [9.17, 15) is 14.4 Å². The zero-order chi connectivity index (χ0) is 18.3. The quantitative estimate of drug-likeness (QED) is 0.738. The third kappa shape index (κ3) is 3.23. The van der Waals surface area contributed by atoms with Crippen molar-refractivity contribution in [2.45, 2.75) is 25.8 Å². The molecule has 1 aliphatic rings. The molecule has 1 saturated carbocycles. The molecule has 132 valence electrons. The summed E-state index contributed by atoms with van der Waals surface area (Å²) in [5.74, 6) is -0.483. The summed E-state index contributed by atoms with van der Waals surface area (Å²) in [5.41, 5.74) is 1.68. The van der Waals surface area contributed by atoms with Crippen LogP contribution in [0.3, 0.4) is 0 Å². The van der Waals surface area contributed by atoms with Crippen molar-refractivity contribution in [3.63, 3.8) is 0 Å². The molecule has 4 rings (SSSR count). The molecule has 1 fully saturated rings. The number of thiazole rings is 1. The van der Waals surface area contributed by atoms with Gasteiger partial charge >= 0.3 is 0 Å². The second-order valence-corrected chi connectivity index (χ2v) is 7.27. The molecular formula is C18H16N4O3S. The molecule has 8 heteroatoms. The Labute approximate surface area is 152 Å². The van der Waals surface area contributed by atoms with Gasteiger partial charge in [-0.25, -0.2) is 4.98 Å². The van der Waals surface area contributed by atoms with Crippen LogP contribution in [0.15, 0.2) is 41.5 Å². The van der Waals surface area contributed by atoms with Crippen molar-refractivity contribution >= 4 is 33.8 Å². The van der Waals surface area contributed by atoms with E-state index < -0.39 is 0 Å². The van der Waals surface area contributed by atoms with E-state index >= 15 is 0 Å². The van der Waals surface area contributed by atoms with Crippen LogP contribution in [0.5, 0.6) is 0 Å². The summed E-state index contributed by atoms with van der Waals surface area (Å²) >= 11 is 1.13. The molecule has 7 nitrogen and oxygen atoms in total. The first-order valence-corrected chi connectivity index (χ1v) is 9.03. The number of benzene rings is 1. The predicted octanol–water partition coefficient (Wildman–Crippen LogP) is 2.21. The topological polar surface area (TPSA) is 92.6 Å². The highest BCUT2D eigenvalue weighted by atomic mass is 32.1. The Morgan fingerprint density at radius 1 is 1.23 bits per heavy atom. The number of carbonyl (C=O) groups is 2. The molecule has 0 saturated heterocycles. The van der Waals surface area contributed by atoms with Crippen LogP contribution in [0.2, 0.25) is 0 Å². The van der Waals surface area contributed by atoms with Crippen LogP contribution in [0.25, 0.3) is 4.96 Å². The van der Waals surface area contributed by atoms with Gasteiger partial charge in [0, 0.05) is 35.8 Å². The second kappa shape index (κ2) is 6.38. The number of rotatable bonds is 4. The molecule has 2 amide bonds. The Hall–Kier alpha value is -3.00. The number of aryl methyl sites for hydroxylation is 1. The summed E-state index contributed by atoms with van der Waals surface area (Å²) in [6.07, 6.45) is 4.92. The van der Waals surface area contributed by atoms with Crippen LogP contribution >= 0.6 is 11.3 Å². The van der Waals surface area contributed by atoms with Crippen LogP contribution in [0.1, 0.15) is 38.4 Å². The maximum atomic E-state index is 12.6. The van der Waals surface area contributed by atoms with Gasteiger partial charge in [0.1, 0.15) is 4.88 Å².